The van der Waals surface area contributed by atoms with Crippen LogP contribution in [-0.2, 0) is 6.54 Å². The minimum atomic E-state index is -0.417. The van der Waals surface area contributed by atoms with Crippen molar-refractivity contribution in [1.82, 2.24) is 10.3 Å². The van der Waals surface area contributed by atoms with E-state index in [9.17, 15) is 4.39 Å². The van der Waals surface area contributed by atoms with Crippen LogP contribution in [0.5, 0.6) is 11.6 Å². The summed E-state index contributed by atoms with van der Waals surface area (Å²) in [5.41, 5.74) is 0.611. The first kappa shape index (κ1) is 16.0. The van der Waals surface area contributed by atoms with Gasteiger partial charge in [-0.1, -0.05) is 43.1 Å². The Morgan fingerprint density at radius 3 is 2.81 bits per heavy atom. The molecule has 3 nitrogen and oxygen atoms in total. The van der Waals surface area contributed by atoms with Crippen molar-refractivity contribution in [3.05, 3.63) is 51.9 Å². The van der Waals surface area contributed by atoms with E-state index in [1.807, 2.05) is 13.8 Å². The third-order valence-corrected chi connectivity index (χ3v) is 3.52. The van der Waals surface area contributed by atoms with Gasteiger partial charge in [0, 0.05) is 18.2 Å². The third-order valence-electron chi connectivity index (χ3n) is 2.72. The van der Waals surface area contributed by atoms with Crippen LogP contribution in [0.2, 0.25) is 10.0 Å². The highest BCUT2D eigenvalue weighted by Crippen LogP contribution is 2.35. The summed E-state index contributed by atoms with van der Waals surface area (Å²) < 4.78 is 19.0. The summed E-state index contributed by atoms with van der Waals surface area (Å²) in [6.07, 6.45) is 1.10. The molecule has 1 N–H and O–H groups in total. The van der Waals surface area contributed by atoms with Crippen LogP contribution < -0.4 is 10.1 Å². The maximum absolute atomic E-state index is 13.4. The lowest BCUT2D eigenvalue weighted by molar-refractivity contribution is 0.446. The molecule has 0 amide bonds. The normalized spacial score (nSPS) is 11.0. The van der Waals surface area contributed by atoms with Gasteiger partial charge in [0.05, 0.1) is 11.2 Å². The fourth-order valence-corrected chi connectivity index (χ4v) is 2.00. The van der Waals surface area contributed by atoms with E-state index in [0.717, 1.165) is 6.20 Å². The van der Waals surface area contributed by atoms with E-state index >= 15 is 0 Å². The molecule has 6 heteroatoms. The molecule has 0 bridgehead atoms. The van der Waals surface area contributed by atoms with Crippen molar-refractivity contribution in [2.75, 3.05) is 0 Å². The zero-order valence-corrected chi connectivity index (χ0v) is 13.2. The van der Waals surface area contributed by atoms with Gasteiger partial charge in [0.2, 0.25) is 5.88 Å². The average molecular weight is 329 g/mol. The molecule has 0 spiro atoms. The van der Waals surface area contributed by atoms with Crippen molar-refractivity contribution in [1.29, 1.82) is 0 Å². The highest BCUT2D eigenvalue weighted by Gasteiger charge is 2.12. The Kier molecular flexibility index (Phi) is 5.39. The Labute approximate surface area is 133 Å². The highest BCUT2D eigenvalue weighted by molar-refractivity contribution is 6.42. The first-order valence-electron chi connectivity index (χ1n) is 6.47. The number of ether oxygens (including phenoxy) is 1. The van der Waals surface area contributed by atoms with Crippen LogP contribution in [-0.4, -0.2) is 11.0 Å². The molecule has 0 fully saturated rings. The summed E-state index contributed by atoms with van der Waals surface area (Å²) >= 11 is 12.0. The Morgan fingerprint density at radius 1 is 1.33 bits per heavy atom. The van der Waals surface area contributed by atoms with E-state index < -0.39 is 5.82 Å². The fraction of sp³-hybridized carbons (Fsp3) is 0.267. The minimum Gasteiger partial charge on any atom is -0.437 e. The summed E-state index contributed by atoms with van der Waals surface area (Å²) in [6, 6.07) is 6.71. The summed E-state index contributed by atoms with van der Waals surface area (Å²) in [6.45, 7) is 4.44. The van der Waals surface area contributed by atoms with Gasteiger partial charge in [0.25, 0.3) is 0 Å². The SMILES string of the molecule is CC(C)NCc1cc(F)cnc1Oc1cccc(Cl)c1Cl. The van der Waals surface area contributed by atoms with E-state index in [2.05, 4.69) is 10.3 Å². The van der Waals surface area contributed by atoms with Gasteiger partial charge < -0.3 is 10.1 Å². The zero-order valence-electron chi connectivity index (χ0n) is 11.7. The first-order chi connectivity index (χ1) is 9.97. The van der Waals surface area contributed by atoms with Gasteiger partial charge in [-0.05, 0) is 18.2 Å². The van der Waals surface area contributed by atoms with Crippen molar-refractivity contribution >= 4 is 23.2 Å². The fourth-order valence-electron chi connectivity index (χ4n) is 1.67. The minimum absolute atomic E-state index is 0.260. The summed E-state index contributed by atoms with van der Waals surface area (Å²) in [7, 11) is 0. The van der Waals surface area contributed by atoms with Crippen LogP contribution in [0.4, 0.5) is 4.39 Å². The van der Waals surface area contributed by atoms with E-state index in [1.54, 1.807) is 18.2 Å². The van der Waals surface area contributed by atoms with Crippen LogP contribution >= 0.6 is 23.2 Å². The van der Waals surface area contributed by atoms with E-state index in [1.165, 1.54) is 6.07 Å². The predicted molar refractivity (Wildman–Crippen MR) is 82.7 cm³/mol. The molecule has 0 unspecified atom stereocenters. The number of nitrogens with zero attached hydrogens (tertiary/aromatic N) is 1. The Balaban J connectivity index is 2.28. The number of aromatic nitrogens is 1. The predicted octanol–water partition coefficient (Wildman–Crippen LogP) is 4.82. The van der Waals surface area contributed by atoms with Crippen molar-refractivity contribution < 1.29 is 9.13 Å². The van der Waals surface area contributed by atoms with E-state index in [4.69, 9.17) is 27.9 Å². The van der Waals surface area contributed by atoms with Crippen molar-refractivity contribution in [2.24, 2.45) is 0 Å². The summed E-state index contributed by atoms with van der Waals surface area (Å²) in [5.74, 6) is 0.267. The third kappa shape index (κ3) is 4.30. The second-order valence-corrected chi connectivity index (χ2v) is 5.59. The molecule has 1 aromatic heterocycles. The second-order valence-electron chi connectivity index (χ2n) is 4.81. The molecular weight excluding hydrogens is 314 g/mol. The summed E-state index contributed by atoms with van der Waals surface area (Å²) in [4.78, 5) is 3.98. The molecular formula is C15H15Cl2FN2O. The monoisotopic (exact) mass is 328 g/mol. The molecule has 0 saturated heterocycles. The van der Waals surface area contributed by atoms with E-state index in [0.29, 0.717) is 33.8 Å². The maximum Gasteiger partial charge on any atom is 0.223 e. The van der Waals surface area contributed by atoms with Gasteiger partial charge in [-0.3, -0.25) is 0 Å². The number of pyridine rings is 1. The van der Waals surface area contributed by atoms with Crippen molar-refractivity contribution in [2.45, 2.75) is 26.4 Å². The molecule has 21 heavy (non-hydrogen) atoms. The molecule has 1 aromatic carbocycles. The van der Waals surface area contributed by atoms with E-state index in [-0.39, 0.29) is 6.04 Å². The van der Waals surface area contributed by atoms with Gasteiger partial charge >= 0.3 is 0 Å². The number of hydrogen-bond donors (Lipinski definition) is 1. The lowest BCUT2D eigenvalue weighted by Crippen LogP contribution is -2.22. The molecule has 0 saturated carbocycles. The quantitative estimate of drug-likeness (QED) is 0.854. The van der Waals surface area contributed by atoms with Gasteiger partial charge in [-0.15, -0.1) is 0 Å². The molecule has 0 aliphatic heterocycles. The average Bonchev–Trinajstić information content (AvgIpc) is 2.43. The number of rotatable bonds is 5. The molecule has 0 aliphatic rings. The Morgan fingerprint density at radius 2 is 2.10 bits per heavy atom. The van der Waals surface area contributed by atoms with Crippen LogP contribution in [0.25, 0.3) is 0 Å². The van der Waals surface area contributed by atoms with Crippen molar-refractivity contribution in [3.63, 3.8) is 0 Å². The molecule has 0 atom stereocenters. The highest BCUT2D eigenvalue weighted by atomic mass is 35.5. The molecule has 0 radical (unpaired) electrons. The van der Waals surface area contributed by atoms with Gasteiger partial charge in [-0.2, -0.15) is 0 Å². The zero-order chi connectivity index (χ0) is 15.4. The molecule has 1 heterocycles. The van der Waals surface area contributed by atoms with Crippen LogP contribution in [0.1, 0.15) is 19.4 Å². The summed E-state index contributed by atoms with van der Waals surface area (Å²) in [5, 5.41) is 3.88. The number of nitrogens with one attached hydrogen (secondary N) is 1. The molecule has 0 aliphatic carbocycles. The maximum atomic E-state index is 13.4. The van der Waals surface area contributed by atoms with Gasteiger partial charge in [-0.25, -0.2) is 9.37 Å². The first-order valence-corrected chi connectivity index (χ1v) is 7.22. The largest absolute Gasteiger partial charge is 0.437 e. The smallest absolute Gasteiger partial charge is 0.223 e. The Bertz CT molecular complexity index is 635. The molecule has 2 rings (SSSR count). The van der Waals surface area contributed by atoms with Crippen LogP contribution in [0.15, 0.2) is 30.5 Å². The van der Waals surface area contributed by atoms with Crippen LogP contribution in [0, 0.1) is 5.82 Å². The molecule has 112 valence electrons. The van der Waals surface area contributed by atoms with Crippen LogP contribution in [0.3, 0.4) is 0 Å². The number of benzene rings is 1. The van der Waals surface area contributed by atoms with Gasteiger partial charge in [0.15, 0.2) is 0 Å². The molecule has 2 aromatic rings. The lowest BCUT2D eigenvalue weighted by Gasteiger charge is -2.13. The Hall–Kier alpha value is -1.36. The van der Waals surface area contributed by atoms with Crippen molar-refractivity contribution in [3.8, 4) is 11.6 Å². The lowest BCUT2D eigenvalue weighted by atomic mass is 10.2. The van der Waals surface area contributed by atoms with Gasteiger partial charge in [0.1, 0.15) is 16.6 Å². The topological polar surface area (TPSA) is 34.2 Å². The number of hydrogen-bond acceptors (Lipinski definition) is 3. The second kappa shape index (κ2) is 7.07. The number of halogens is 3. The standard InChI is InChI=1S/C15H15Cl2FN2O/c1-9(2)19-7-10-6-11(18)8-20-15(10)21-13-5-3-4-12(16)14(13)17/h3-6,8-9,19H,7H2,1-2H3.